The van der Waals surface area contributed by atoms with Crippen LogP contribution in [0.25, 0.3) is 0 Å². The molecule has 3 rings (SSSR count). The van der Waals surface area contributed by atoms with Crippen LogP contribution in [0.1, 0.15) is 28.7 Å². The summed E-state index contributed by atoms with van der Waals surface area (Å²) in [5.41, 5.74) is 1.87. The van der Waals surface area contributed by atoms with E-state index in [4.69, 9.17) is 9.15 Å². The van der Waals surface area contributed by atoms with Gasteiger partial charge in [-0.25, -0.2) is 9.78 Å². The number of nitrogens with one attached hydrogen (secondary N) is 2. The molecule has 2 heterocycles. The molecule has 0 aliphatic heterocycles. The third-order valence-corrected chi connectivity index (χ3v) is 3.54. The van der Waals surface area contributed by atoms with Crippen LogP contribution in [0.5, 0.6) is 0 Å². The van der Waals surface area contributed by atoms with E-state index in [0.717, 1.165) is 11.5 Å². The molecule has 134 valence electrons. The summed E-state index contributed by atoms with van der Waals surface area (Å²) < 4.78 is 10.4. The molecule has 7 heteroatoms. The maximum atomic E-state index is 12.1. The zero-order valence-electron chi connectivity index (χ0n) is 14.7. The maximum absolute atomic E-state index is 12.1. The molecular weight excluding hydrogens is 332 g/mol. The van der Waals surface area contributed by atoms with Gasteiger partial charge >= 0.3 is 5.97 Å². The van der Waals surface area contributed by atoms with E-state index in [-0.39, 0.29) is 5.97 Å². The third kappa shape index (κ3) is 4.38. The molecule has 0 aliphatic rings. The van der Waals surface area contributed by atoms with Crippen molar-refractivity contribution in [1.82, 2.24) is 9.97 Å². The SMILES string of the molecule is CCOC(=O)c1ccccc1Nc1cc(C)nc(NCc2ccco2)n1. The lowest BCUT2D eigenvalue weighted by molar-refractivity contribution is 0.0527. The van der Waals surface area contributed by atoms with Crippen molar-refractivity contribution in [2.75, 3.05) is 17.2 Å². The predicted octanol–water partition coefficient (Wildman–Crippen LogP) is 3.91. The molecule has 0 bridgehead atoms. The Morgan fingerprint density at radius 1 is 1.19 bits per heavy atom. The zero-order chi connectivity index (χ0) is 18.4. The van der Waals surface area contributed by atoms with Gasteiger partial charge in [0.2, 0.25) is 5.95 Å². The number of nitrogens with zero attached hydrogens (tertiary/aromatic N) is 2. The lowest BCUT2D eigenvalue weighted by atomic mass is 10.2. The molecule has 0 fully saturated rings. The zero-order valence-corrected chi connectivity index (χ0v) is 14.7. The van der Waals surface area contributed by atoms with Gasteiger partial charge in [0.1, 0.15) is 11.6 Å². The minimum atomic E-state index is -0.377. The number of anilines is 3. The Morgan fingerprint density at radius 2 is 2.04 bits per heavy atom. The van der Waals surface area contributed by atoms with Gasteiger partial charge < -0.3 is 19.8 Å². The number of furan rings is 1. The van der Waals surface area contributed by atoms with Gasteiger partial charge in [0.25, 0.3) is 0 Å². The fraction of sp³-hybridized carbons (Fsp3) is 0.211. The average Bonchev–Trinajstić information content (AvgIpc) is 3.14. The van der Waals surface area contributed by atoms with Gasteiger partial charge in [-0.05, 0) is 38.1 Å². The quantitative estimate of drug-likeness (QED) is 0.623. The van der Waals surface area contributed by atoms with E-state index in [2.05, 4.69) is 20.6 Å². The number of carbonyl (C=O) groups excluding carboxylic acids is 1. The second kappa shape index (κ2) is 8.15. The monoisotopic (exact) mass is 352 g/mol. The second-order valence-corrected chi connectivity index (χ2v) is 5.54. The van der Waals surface area contributed by atoms with Crippen LogP contribution in [-0.4, -0.2) is 22.5 Å². The van der Waals surface area contributed by atoms with Crippen LogP contribution in [0.3, 0.4) is 0 Å². The summed E-state index contributed by atoms with van der Waals surface area (Å²) in [6.45, 7) is 4.46. The lowest BCUT2D eigenvalue weighted by Crippen LogP contribution is -2.09. The molecule has 0 radical (unpaired) electrons. The van der Waals surface area contributed by atoms with Gasteiger partial charge in [-0.3, -0.25) is 0 Å². The van der Waals surface area contributed by atoms with Crippen LogP contribution < -0.4 is 10.6 Å². The number of rotatable bonds is 7. The normalized spacial score (nSPS) is 10.4. The highest BCUT2D eigenvalue weighted by Gasteiger charge is 2.13. The largest absolute Gasteiger partial charge is 0.467 e. The number of aromatic nitrogens is 2. The molecule has 0 saturated heterocycles. The first-order valence-electron chi connectivity index (χ1n) is 8.31. The smallest absolute Gasteiger partial charge is 0.340 e. The summed E-state index contributed by atoms with van der Waals surface area (Å²) in [4.78, 5) is 20.9. The summed E-state index contributed by atoms with van der Waals surface area (Å²) in [7, 11) is 0. The Kier molecular flexibility index (Phi) is 5.48. The first kappa shape index (κ1) is 17.5. The molecule has 0 spiro atoms. The summed E-state index contributed by atoms with van der Waals surface area (Å²) in [5, 5.41) is 6.30. The van der Waals surface area contributed by atoms with E-state index < -0.39 is 0 Å². The van der Waals surface area contributed by atoms with Crippen LogP contribution in [0.2, 0.25) is 0 Å². The van der Waals surface area contributed by atoms with Crippen molar-refractivity contribution >= 4 is 23.4 Å². The Labute approximate surface area is 151 Å². The van der Waals surface area contributed by atoms with Crippen LogP contribution in [0.15, 0.2) is 53.1 Å². The van der Waals surface area contributed by atoms with E-state index in [1.165, 1.54) is 0 Å². The van der Waals surface area contributed by atoms with E-state index in [1.54, 1.807) is 37.5 Å². The van der Waals surface area contributed by atoms with E-state index in [1.807, 2.05) is 25.1 Å². The number of para-hydroxylation sites is 1. The Morgan fingerprint density at radius 3 is 2.81 bits per heavy atom. The maximum Gasteiger partial charge on any atom is 0.340 e. The van der Waals surface area contributed by atoms with Crippen molar-refractivity contribution in [3.8, 4) is 0 Å². The summed E-state index contributed by atoms with van der Waals surface area (Å²) in [6.07, 6.45) is 1.62. The van der Waals surface area contributed by atoms with Gasteiger partial charge in [-0.1, -0.05) is 12.1 Å². The van der Waals surface area contributed by atoms with Crippen LogP contribution >= 0.6 is 0 Å². The number of aryl methyl sites for hydroxylation is 1. The van der Waals surface area contributed by atoms with Gasteiger partial charge in [0.05, 0.1) is 30.7 Å². The van der Waals surface area contributed by atoms with Crippen molar-refractivity contribution < 1.29 is 13.9 Å². The van der Waals surface area contributed by atoms with Gasteiger partial charge in [-0.2, -0.15) is 4.98 Å². The highest BCUT2D eigenvalue weighted by Crippen LogP contribution is 2.22. The molecule has 2 N–H and O–H groups in total. The predicted molar refractivity (Wildman–Crippen MR) is 98.5 cm³/mol. The summed E-state index contributed by atoms with van der Waals surface area (Å²) in [5.74, 6) is 1.46. The highest BCUT2D eigenvalue weighted by molar-refractivity contribution is 5.96. The van der Waals surface area contributed by atoms with Crippen LogP contribution in [0, 0.1) is 6.92 Å². The third-order valence-electron chi connectivity index (χ3n) is 3.54. The molecule has 26 heavy (non-hydrogen) atoms. The fourth-order valence-electron chi connectivity index (χ4n) is 2.41. The Balaban J connectivity index is 1.79. The van der Waals surface area contributed by atoms with Crippen molar-refractivity contribution in [3.63, 3.8) is 0 Å². The molecule has 0 amide bonds. The van der Waals surface area contributed by atoms with E-state index >= 15 is 0 Å². The van der Waals surface area contributed by atoms with Gasteiger partial charge in [-0.15, -0.1) is 0 Å². The lowest BCUT2D eigenvalue weighted by Gasteiger charge is -2.12. The van der Waals surface area contributed by atoms with Crippen molar-refractivity contribution in [3.05, 3.63) is 65.7 Å². The number of esters is 1. The van der Waals surface area contributed by atoms with Crippen LogP contribution in [0.4, 0.5) is 17.5 Å². The van der Waals surface area contributed by atoms with Crippen molar-refractivity contribution in [2.24, 2.45) is 0 Å². The van der Waals surface area contributed by atoms with Gasteiger partial charge in [0.15, 0.2) is 0 Å². The summed E-state index contributed by atoms with van der Waals surface area (Å²) >= 11 is 0. The molecule has 0 unspecified atom stereocenters. The number of carbonyl (C=O) groups is 1. The topological polar surface area (TPSA) is 89.3 Å². The Hall–Kier alpha value is -3.35. The Bertz CT molecular complexity index is 878. The molecule has 2 aromatic heterocycles. The molecule has 3 aromatic rings. The number of hydrogen-bond donors (Lipinski definition) is 2. The molecule has 0 atom stereocenters. The fourth-order valence-corrected chi connectivity index (χ4v) is 2.41. The number of benzene rings is 1. The molecule has 0 saturated carbocycles. The average molecular weight is 352 g/mol. The van der Waals surface area contributed by atoms with E-state index in [0.29, 0.717) is 36.2 Å². The van der Waals surface area contributed by atoms with Crippen molar-refractivity contribution in [2.45, 2.75) is 20.4 Å². The molecule has 1 aromatic carbocycles. The number of ether oxygens (including phenoxy) is 1. The van der Waals surface area contributed by atoms with Crippen LogP contribution in [-0.2, 0) is 11.3 Å². The van der Waals surface area contributed by atoms with Crippen molar-refractivity contribution in [1.29, 1.82) is 0 Å². The number of hydrogen-bond acceptors (Lipinski definition) is 7. The molecular formula is C19H20N4O3. The standard InChI is InChI=1S/C19H20N4O3/c1-3-25-18(24)15-8-4-5-9-16(15)22-17-11-13(2)21-19(23-17)20-12-14-7-6-10-26-14/h4-11H,3,12H2,1-2H3,(H2,20,21,22,23). The minimum absolute atomic E-state index is 0.320. The summed E-state index contributed by atoms with van der Waals surface area (Å²) in [6, 6.07) is 12.7. The first-order chi connectivity index (χ1) is 12.7. The first-order valence-corrected chi connectivity index (χ1v) is 8.31. The minimum Gasteiger partial charge on any atom is -0.467 e. The molecule has 0 aliphatic carbocycles. The highest BCUT2D eigenvalue weighted by atomic mass is 16.5. The second-order valence-electron chi connectivity index (χ2n) is 5.54. The molecule has 7 nitrogen and oxygen atoms in total. The van der Waals surface area contributed by atoms with Gasteiger partial charge in [0, 0.05) is 11.8 Å². The van der Waals surface area contributed by atoms with E-state index in [9.17, 15) is 4.79 Å².